The first-order valence-electron chi connectivity index (χ1n) is 2.06. The van der Waals surface area contributed by atoms with Gasteiger partial charge in [0, 0.05) is 18.3 Å². The molecule has 0 fully saturated rings. The van der Waals surface area contributed by atoms with Crippen LogP contribution in [0.2, 0.25) is 0 Å². The first-order chi connectivity index (χ1) is 3.85. The van der Waals surface area contributed by atoms with Crippen LogP contribution in [-0.4, -0.2) is 11.2 Å². The van der Waals surface area contributed by atoms with Gasteiger partial charge in [-0.25, -0.2) is 0 Å². The van der Waals surface area contributed by atoms with E-state index in [1.807, 2.05) is 0 Å². The van der Waals surface area contributed by atoms with Crippen molar-refractivity contribution in [2.75, 3.05) is 0 Å². The van der Waals surface area contributed by atoms with Gasteiger partial charge < -0.3 is 0 Å². The highest BCUT2D eigenvalue weighted by molar-refractivity contribution is 5.53. The highest BCUT2D eigenvalue weighted by atomic mass is 15.4. The van der Waals surface area contributed by atoms with Crippen LogP contribution in [0.5, 0.6) is 0 Å². The van der Waals surface area contributed by atoms with E-state index in [0.29, 0.717) is 0 Å². The average molecular weight is 106 g/mol. The summed E-state index contributed by atoms with van der Waals surface area (Å²) in [4.78, 5) is 0. The van der Waals surface area contributed by atoms with Crippen LogP contribution in [0.3, 0.4) is 0 Å². The lowest BCUT2D eigenvalue weighted by molar-refractivity contribution is 0.615. The maximum absolute atomic E-state index is 4.89. The van der Waals surface area contributed by atoms with E-state index in [9.17, 15) is 0 Å². The molecule has 2 nitrogen and oxygen atoms in total. The normalized spacial score (nSPS) is 7.88. The fourth-order valence-corrected chi connectivity index (χ4v) is 0.219. The Morgan fingerprint density at radius 2 is 2.00 bits per heavy atom. The third-order valence-corrected chi connectivity index (χ3v) is 0.476. The molecule has 0 unspecified atom stereocenters. The highest BCUT2D eigenvalue weighted by Crippen LogP contribution is 1.77. The molecule has 0 N–H and O–H groups in total. The molecule has 0 aliphatic rings. The van der Waals surface area contributed by atoms with Crippen molar-refractivity contribution >= 4 is 6.21 Å². The summed E-state index contributed by atoms with van der Waals surface area (Å²) < 4.78 is 0. The van der Waals surface area contributed by atoms with E-state index < -0.39 is 0 Å². The molecule has 2 heteroatoms. The monoisotopic (exact) mass is 106 g/mol. The Labute approximate surface area is 49.2 Å². The molecule has 0 aliphatic heterocycles. The van der Waals surface area contributed by atoms with E-state index >= 15 is 0 Å². The Hall–Kier alpha value is -1.41. The molecule has 0 amide bonds. The van der Waals surface area contributed by atoms with Gasteiger partial charge in [-0.2, -0.15) is 5.10 Å². The smallest absolute Gasteiger partial charge is 0.0415 e. The highest BCUT2D eigenvalue weighted by Gasteiger charge is 1.79. The van der Waals surface area contributed by atoms with Gasteiger partial charge in [-0.05, 0) is 6.92 Å². The van der Waals surface area contributed by atoms with Crippen molar-refractivity contribution in [3.8, 4) is 24.9 Å². The maximum Gasteiger partial charge on any atom is 0.0415 e. The number of hydrogen-bond acceptors (Lipinski definition) is 2. The molecule has 0 saturated carbocycles. The van der Waals surface area contributed by atoms with Gasteiger partial charge in [0.05, 0.1) is 0 Å². The summed E-state index contributed by atoms with van der Waals surface area (Å²) in [5.41, 5.74) is 0. The van der Waals surface area contributed by atoms with Crippen molar-refractivity contribution in [1.82, 2.24) is 5.01 Å². The van der Waals surface area contributed by atoms with E-state index in [2.05, 4.69) is 17.2 Å². The van der Waals surface area contributed by atoms with Gasteiger partial charge in [0.15, 0.2) is 0 Å². The number of nitrogens with zero attached hydrogens (tertiary/aromatic N) is 2. The van der Waals surface area contributed by atoms with Crippen molar-refractivity contribution in [1.29, 1.82) is 0 Å². The molecular formula is C6H6N2. The first kappa shape index (κ1) is 6.59. The Balaban J connectivity index is 3.82. The van der Waals surface area contributed by atoms with Crippen LogP contribution in [-0.2, 0) is 0 Å². The van der Waals surface area contributed by atoms with Gasteiger partial charge in [0.25, 0.3) is 0 Å². The van der Waals surface area contributed by atoms with Crippen LogP contribution in [0.4, 0.5) is 0 Å². The quantitative estimate of drug-likeness (QED) is 0.205. The van der Waals surface area contributed by atoms with E-state index in [4.69, 9.17) is 12.8 Å². The first-order valence-corrected chi connectivity index (χ1v) is 2.06. The topological polar surface area (TPSA) is 15.6 Å². The number of hydrogen-bond donors (Lipinski definition) is 0. The molecule has 0 rings (SSSR count). The molecule has 40 valence electrons. The van der Waals surface area contributed by atoms with Gasteiger partial charge in [0.2, 0.25) is 0 Å². The lowest BCUT2D eigenvalue weighted by atomic mass is 10.9. The van der Waals surface area contributed by atoms with Crippen LogP contribution >= 0.6 is 0 Å². The zero-order valence-electron chi connectivity index (χ0n) is 4.63. The van der Waals surface area contributed by atoms with Gasteiger partial charge in [-0.1, -0.05) is 12.8 Å². The summed E-state index contributed by atoms with van der Waals surface area (Å²) in [5, 5.41) is 4.65. The van der Waals surface area contributed by atoms with E-state index in [1.165, 1.54) is 6.21 Å². The fourth-order valence-electron chi connectivity index (χ4n) is 0.219. The summed E-state index contributed by atoms with van der Waals surface area (Å²) in [6, 6.07) is 4.30. The minimum Gasteiger partial charge on any atom is -0.165 e. The Morgan fingerprint density at radius 3 is 2.12 bits per heavy atom. The van der Waals surface area contributed by atoms with Gasteiger partial charge in [-0.15, -0.1) is 5.01 Å². The molecule has 0 bridgehead atoms. The number of terminal acetylenes is 2. The average Bonchev–Trinajstić information content (AvgIpc) is 1.83. The van der Waals surface area contributed by atoms with Gasteiger partial charge in [0.1, 0.15) is 0 Å². The molecule has 0 aromatic carbocycles. The van der Waals surface area contributed by atoms with Crippen LogP contribution in [0.15, 0.2) is 5.10 Å². The van der Waals surface area contributed by atoms with Crippen LogP contribution in [0.1, 0.15) is 6.92 Å². The second-order valence-corrected chi connectivity index (χ2v) is 0.944. The minimum atomic E-state index is 1.06. The molecule has 0 heterocycles. The Bertz CT molecular complexity index is 142. The Kier molecular flexibility index (Phi) is 3.10. The molecule has 0 saturated heterocycles. The van der Waals surface area contributed by atoms with Crippen molar-refractivity contribution in [2.24, 2.45) is 5.10 Å². The largest absolute Gasteiger partial charge is 0.165 e. The number of hydrazone groups is 1. The SMILES string of the molecule is C#CN(C#C)/N=C\C. The molecule has 0 spiro atoms. The zero-order chi connectivity index (χ0) is 6.41. The summed E-state index contributed by atoms with van der Waals surface area (Å²) in [6.45, 7) is 1.74. The molecule has 8 heavy (non-hydrogen) atoms. The Morgan fingerprint density at radius 1 is 1.50 bits per heavy atom. The predicted molar refractivity (Wildman–Crippen MR) is 33.7 cm³/mol. The van der Waals surface area contributed by atoms with Crippen LogP contribution in [0.25, 0.3) is 0 Å². The van der Waals surface area contributed by atoms with Crippen molar-refractivity contribution in [3.05, 3.63) is 0 Å². The van der Waals surface area contributed by atoms with Crippen molar-refractivity contribution in [3.63, 3.8) is 0 Å². The second-order valence-electron chi connectivity index (χ2n) is 0.944. The third-order valence-electron chi connectivity index (χ3n) is 0.476. The molecule has 0 radical (unpaired) electrons. The summed E-state index contributed by atoms with van der Waals surface area (Å²) in [7, 11) is 0. The number of rotatable bonds is 1. The maximum atomic E-state index is 4.89. The van der Waals surface area contributed by atoms with Gasteiger partial charge >= 0.3 is 0 Å². The van der Waals surface area contributed by atoms with Crippen LogP contribution in [0, 0.1) is 24.9 Å². The summed E-state index contributed by atoms with van der Waals surface area (Å²) >= 11 is 0. The third kappa shape index (κ3) is 1.89. The molecule has 0 aliphatic carbocycles. The molecule has 0 aromatic heterocycles. The standard InChI is InChI=1S/C6H6N2/c1-4-7-8(5-2)6-3/h2-4H,1H3/b7-4-. The van der Waals surface area contributed by atoms with Crippen molar-refractivity contribution in [2.45, 2.75) is 6.92 Å². The van der Waals surface area contributed by atoms with E-state index in [-0.39, 0.29) is 0 Å². The summed E-state index contributed by atoms with van der Waals surface area (Å²) in [5.74, 6) is 0. The van der Waals surface area contributed by atoms with Gasteiger partial charge in [-0.3, -0.25) is 0 Å². The second kappa shape index (κ2) is 3.77. The zero-order valence-corrected chi connectivity index (χ0v) is 4.63. The van der Waals surface area contributed by atoms with Crippen LogP contribution < -0.4 is 0 Å². The van der Waals surface area contributed by atoms with E-state index in [0.717, 1.165) is 5.01 Å². The predicted octanol–water partition coefficient (Wildman–Crippen LogP) is 0.476. The lowest BCUT2D eigenvalue weighted by Gasteiger charge is -1.95. The molecule has 0 aromatic rings. The molecular weight excluding hydrogens is 100 g/mol. The van der Waals surface area contributed by atoms with E-state index in [1.54, 1.807) is 6.92 Å². The fraction of sp³-hybridized carbons (Fsp3) is 0.167. The lowest BCUT2D eigenvalue weighted by Crippen LogP contribution is -1.98. The minimum absolute atomic E-state index is 1.06. The molecule has 0 atom stereocenters. The summed E-state index contributed by atoms with van der Waals surface area (Å²) in [6.07, 6.45) is 11.3. The van der Waals surface area contributed by atoms with Crippen molar-refractivity contribution < 1.29 is 0 Å².